The van der Waals surface area contributed by atoms with Gasteiger partial charge in [-0.25, -0.2) is 0 Å². The molecule has 6 aromatic carbocycles. The number of benzene rings is 6. The molecule has 16 aliphatic carbocycles. The van der Waals surface area contributed by atoms with Gasteiger partial charge in [-0.2, -0.15) is 0 Å². The Labute approximate surface area is 361 Å². The second kappa shape index (κ2) is 7.87. The second-order valence-corrected chi connectivity index (χ2v) is 22.7. The molecule has 0 radical (unpaired) electrons. The number of ether oxygens (including phenoxy) is 1. The highest BCUT2D eigenvalue weighted by atomic mass is 16.5. The van der Waals surface area contributed by atoms with Crippen LogP contribution in [0.1, 0.15) is 110 Å². The molecule has 0 amide bonds. The molecule has 2 nitrogen and oxygen atoms in total. The van der Waals surface area contributed by atoms with Gasteiger partial charge in [0.05, 0.1) is 7.11 Å². The van der Waals surface area contributed by atoms with E-state index < -0.39 is 0 Å². The van der Waals surface area contributed by atoms with E-state index in [1.165, 1.54) is 11.1 Å². The van der Waals surface area contributed by atoms with Gasteiger partial charge < -0.3 is 4.74 Å². The van der Waals surface area contributed by atoms with Gasteiger partial charge in [0.15, 0.2) is 0 Å². The average molecular weight is 799 g/mol. The molecule has 0 heterocycles. The summed E-state index contributed by atoms with van der Waals surface area (Å²) in [5, 5.41) is 13.2. The molecule has 0 bridgehead atoms. The Hall–Kier alpha value is -6.25. The van der Waals surface area contributed by atoms with Gasteiger partial charge in [-0.3, -0.25) is 4.79 Å². The van der Waals surface area contributed by atoms with E-state index in [9.17, 15) is 4.79 Å². The first-order valence-electron chi connectivity index (χ1n) is 24.2. The minimum absolute atomic E-state index is 0.0805. The van der Waals surface area contributed by atoms with Crippen molar-refractivity contribution in [2.45, 2.75) is 60.7 Å². The van der Waals surface area contributed by atoms with E-state index in [0.29, 0.717) is 41.9 Å². The molecule has 16 aliphatic rings. The molecule has 2 saturated carbocycles. The molecule has 0 saturated heterocycles. The van der Waals surface area contributed by atoms with E-state index in [2.05, 4.69) is 85.0 Å². The van der Waals surface area contributed by atoms with Crippen LogP contribution in [-0.4, -0.2) is 13.1 Å². The van der Waals surface area contributed by atoms with Crippen LogP contribution in [-0.2, 0) is 26.8 Å². The van der Waals surface area contributed by atoms with Crippen molar-refractivity contribution in [3.8, 4) is 0 Å². The number of hydrogen-bond donors (Lipinski definition) is 0. The van der Waals surface area contributed by atoms with Gasteiger partial charge in [0.2, 0.25) is 0 Å². The van der Waals surface area contributed by atoms with Crippen LogP contribution in [0.15, 0.2) is 118 Å². The zero-order valence-corrected chi connectivity index (χ0v) is 34.5. The number of esters is 1. The predicted octanol–water partition coefficient (Wildman–Crippen LogP) is 12.3. The number of carbonyl (C=O) groups excluding carboxylic acids is 1. The quantitative estimate of drug-likeness (QED) is 0.0985. The number of allylic oxidation sites excluding steroid dienone is 17. The fourth-order valence-corrected chi connectivity index (χ4v) is 21.4. The van der Waals surface area contributed by atoms with Gasteiger partial charge in [-0.15, -0.1) is 0 Å². The largest absolute Gasteiger partial charge is 0.469 e. The lowest BCUT2D eigenvalue weighted by molar-refractivity contribution is -0.140. The Kier molecular flexibility index (Phi) is 3.64. The fourth-order valence-electron chi connectivity index (χ4n) is 21.4. The van der Waals surface area contributed by atoms with Gasteiger partial charge in [-0.1, -0.05) is 85.0 Å². The summed E-state index contributed by atoms with van der Waals surface area (Å²) in [6, 6.07) is 14.6. The fraction of sp³-hybridized carbons (Fsp3) is 0.262. The molecule has 10 atom stereocenters. The van der Waals surface area contributed by atoms with E-state index in [1.807, 2.05) is 5.57 Å². The van der Waals surface area contributed by atoms with Crippen molar-refractivity contribution in [3.63, 3.8) is 0 Å². The first-order valence-corrected chi connectivity index (χ1v) is 24.2. The molecule has 10 unspecified atom stereocenters. The molecule has 2 fully saturated rings. The molecule has 290 valence electrons. The van der Waals surface area contributed by atoms with Crippen molar-refractivity contribution in [1.82, 2.24) is 0 Å². The number of carbonyl (C=O) groups is 1. The molecule has 2 heteroatoms. The lowest BCUT2D eigenvalue weighted by Gasteiger charge is -2.45. The smallest absolute Gasteiger partial charge is 0.305 e. The Bertz CT molecular complexity index is 4140. The first-order chi connectivity index (χ1) is 31.2. The maximum Gasteiger partial charge on any atom is 0.305 e. The standard InChI is InChI=1S/C61H34O2/c1-63-33(62)8-5-15-59(26-6-3-2-4-7-26)60-32-14-13-31-28-10-9-21-16-22-17-24-18-23-19-25-20-30-27-11-12-29(32)41-39(27)47-40(30)45-37(25)36(23)44-38(24)43-35(22)34(21)46-42(28)58(61(31,59)60)56-54-51(46)49(43)48(44)50(45)52(54)53(47)55(56)57(41)60/h2-4,6-7,9-14,17-18,20,24,27-28,31,38,42,46H,5,8,15-16,19H2,1H3. The van der Waals surface area contributed by atoms with E-state index in [4.69, 9.17) is 4.74 Å². The maximum absolute atomic E-state index is 13.2. The Morgan fingerprint density at radius 2 is 1.63 bits per heavy atom. The molecular formula is C61H34O2. The number of hydrogen-bond acceptors (Lipinski definition) is 2. The van der Waals surface area contributed by atoms with Crippen LogP contribution >= 0.6 is 0 Å². The zero-order chi connectivity index (χ0) is 39.6. The summed E-state index contributed by atoms with van der Waals surface area (Å²) in [5.41, 5.74) is 36.0. The van der Waals surface area contributed by atoms with Crippen molar-refractivity contribution in [2.75, 3.05) is 7.11 Å². The van der Waals surface area contributed by atoms with E-state index in [1.54, 1.807) is 156 Å². The average Bonchev–Trinajstić information content (AvgIpc) is 4.04. The van der Waals surface area contributed by atoms with Crippen molar-refractivity contribution in [1.29, 1.82) is 0 Å². The lowest BCUT2D eigenvalue weighted by Crippen LogP contribution is -2.34. The van der Waals surface area contributed by atoms with Crippen LogP contribution < -0.4 is 0 Å². The third-order valence-electron chi connectivity index (χ3n) is 21.9. The zero-order valence-electron chi connectivity index (χ0n) is 34.5. The van der Waals surface area contributed by atoms with Gasteiger partial charge in [-0.05, 0) is 209 Å². The molecule has 0 aliphatic heterocycles. The predicted molar refractivity (Wildman–Crippen MR) is 246 cm³/mol. The second-order valence-electron chi connectivity index (χ2n) is 22.7. The minimum atomic E-state index is -0.200. The lowest BCUT2D eigenvalue weighted by atomic mass is 9.57. The van der Waals surface area contributed by atoms with Gasteiger partial charge >= 0.3 is 5.97 Å². The van der Waals surface area contributed by atoms with Crippen LogP contribution in [0.4, 0.5) is 0 Å². The Morgan fingerprint density at radius 1 is 0.746 bits per heavy atom. The minimum Gasteiger partial charge on any atom is -0.469 e. The monoisotopic (exact) mass is 798 g/mol. The van der Waals surface area contributed by atoms with Crippen LogP contribution in [0.5, 0.6) is 0 Å². The molecule has 2 spiro atoms. The highest BCUT2D eigenvalue weighted by Crippen LogP contribution is 2.99. The molecule has 22 rings (SSSR count). The summed E-state index contributed by atoms with van der Waals surface area (Å²) in [7, 11) is 1.57. The van der Waals surface area contributed by atoms with E-state index in [-0.39, 0.29) is 28.1 Å². The van der Waals surface area contributed by atoms with Gasteiger partial charge in [0.25, 0.3) is 0 Å². The van der Waals surface area contributed by atoms with E-state index >= 15 is 0 Å². The van der Waals surface area contributed by atoms with Crippen LogP contribution in [0, 0.1) is 29.1 Å². The third-order valence-corrected chi connectivity index (χ3v) is 21.9. The van der Waals surface area contributed by atoms with Crippen molar-refractivity contribution in [3.05, 3.63) is 185 Å². The number of rotatable bonds is 5. The summed E-state index contributed by atoms with van der Waals surface area (Å²) in [4.78, 5) is 13.2. The topological polar surface area (TPSA) is 26.3 Å². The van der Waals surface area contributed by atoms with E-state index in [0.717, 1.165) is 25.7 Å². The number of methoxy groups -OCH3 is 1. The van der Waals surface area contributed by atoms with Crippen molar-refractivity contribution >= 4 is 71.4 Å². The summed E-state index contributed by atoms with van der Waals surface area (Å²) < 4.78 is 5.40. The first kappa shape index (κ1) is 29.2. The molecule has 6 aromatic rings. The van der Waals surface area contributed by atoms with Gasteiger partial charge in [0.1, 0.15) is 0 Å². The third kappa shape index (κ3) is 2.10. The van der Waals surface area contributed by atoms with Crippen molar-refractivity contribution < 1.29 is 9.53 Å². The molecule has 63 heavy (non-hydrogen) atoms. The van der Waals surface area contributed by atoms with Crippen LogP contribution in [0.25, 0.3) is 65.4 Å². The number of fused-ring (bicyclic) bond motifs is 2. The highest BCUT2D eigenvalue weighted by Gasteiger charge is 2.97. The molecule has 0 aromatic heterocycles. The van der Waals surface area contributed by atoms with Crippen molar-refractivity contribution in [2.24, 2.45) is 29.1 Å². The molecular weight excluding hydrogens is 765 g/mol. The van der Waals surface area contributed by atoms with Gasteiger partial charge in [0, 0.05) is 46.3 Å². The van der Waals surface area contributed by atoms with Crippen LogP contribution in [0.2, 0.25) is 0 Å². The highest BCUT2D eigenvalue weighted by molar-refractivity contribution is 6.46. The van der Waals surface area contributed by atoms with Crippen LogP contribution in [0.3, 0.4) is 0 Å². The molecule has 0 N–H and O–H groups in total. The Morgan fingerprint density at radius 3 is 2.56 bits per heavy atom. The Balaban J connectivity index is 1.05. The summed E-state index contributed by atoms with van der Waals surface area (Å²) in [5.74, 6) is 2.60. The summed E-state index contributed by atoms with van der Waals surface area (Å²) in [6.45, 7) is 0. The normalized spacial score (nSPS) is 37.2. The SMILES string of the molecule is COC(=O)CCCC1(c2ccccc2)C23C4=C5C=CC6c7c5c2c2c5c7c7c6cc6c8c9c%10c%11c%12c%13c(c5c%11c87)C2=C2C5C%13C7=C(C=CC5C(C=C4)C213)CC1=CC(C=C9C6)C%10C%12=C17. The summed E-state index contributed by atoms with van der Waals surface area (Å²) >= 11 is 0. The maximum atomic E-state index is 13.2. The summed E-state index contributed by atoms with van der Waals surface area (Å²) in [6.07, 6.45) is 26.2.